The van der Waals surface area contributed by atoms with Crippen molar-refractivity contribution in [2.75, 3.05) is 6.61 Å². The van der Waals surface area contributed by atoms with Gasteiger partial charge in [0.15, 0.2) is 5.17 Å². The fourth-order valence-electron chi connectivity index (χ4n) is 1.09. The smallest absolute Gasteiger partial charge is 0.160 e. The summed E-state index contributed by atoms with van der Waals surface area (Å²) in [6.45, 7) is 5.92. The van der Waals surface area contributed by atoms with E-state index in [1.807, 2.05) is 37.3 Å². The van der Waals surface area contributed by atoms with Gasteiger partial charge in [-0.25, -0.2) is 4.99 Å². The number of nitrogens with zero attached hydrogens (tertiary/aromatic N) is 1. The van der Waals surface area contributed by atoms with Crippen LogP contribution in [0.2, 0.25) is 0 Å². The molecule has 4 nitrogen and oxygen atoms in total. The Morgan fingerprint density at radius 3 is 2.71 bits per heavy atom. The minimum atomic E-state index is -0.0819. The van der Waals surface area contributed by atoms with Crippen molar-refractivity contribution >= 4 is 16.9 Å². The number of para-hydroxylation sites is 1. The number of nitrogens with two attached hydrogens (primary N) is 2. The fourth-order valence-corrected chi connectivity index (χ4v) is 1.65. The van der Waals surface area contributed by atoms with Crippen molar-refractivity contribution in [3.63, 3.8) is 0 Å². The van der Waals surface area contributed by atoms with Crippen LogP contribution in [0.25, 0.3) is 0 Å². The predicted molar refractivity (Wildman–Crippen MR) is 73.9 cm³/mol. The topological polar surface area (TPSA) is 73.6 Å². The fraction of sp³-hybridized carbons (Fsp3) is 0.250. The third-order valence-electron chi connectivity index (χ3n) is 1.72. The minimum absolute atomic E-state index is 0.0819. The monoisotopic (exact) mass is 251 g/mol. The van der Waals surface area contributed by atoms with Crippen LogP contribution in [0.1, 0.15) is 6.92 Å². The largest absolute Gasteiger partial charge is 0.487 e. The van der Waals surface area contributed by atoms with Gasteiger partial charge in [-0.05, 0) is 19.1 Å². The van der Waals surface area contributed by atoms with Crippen molar-refractivity contribution < 1.29 is 4.74 Å². The number of thioether (sulfide) groups is 1. The first kappa shape index (κ1) is 13.6. The molecule has 17 heavy (non-hydrogen) atoms. The Hall–Kier alpha value is -1.46. The second-order valence-corrected chi connectivity index (χ2v) is 4.84. The van der Waals surface area contributed by atoms with Crippen molar-refractivity contribution in [1.82, 2.24) is 0 Å². The van der Waals surface area contributed by atoms with Crippen LogP contribution in [0.3, 0.4) is 0 Å². The van der Waals surface area contributed by atoms with Crippen molar-refractivity contribution in [1.29, 1.82) is 0 Å². The van der Waals surface area contributed by atoms with E-state index in [2.05, 4.69) is 11.6 Å². The SMILES string of the molecule is C=C(COc1ccccc1)N=C(N)S[C@H](C)N. The molecule has 0 aliphatic carbocycles. The van der Waals surface area contributed by atoms with Gasteiger partial charge in [-0.2, -0.15) is 0 Å². The molecule has 0 heterocycles. The number of benzene rings is 1. The summed E-state index contributed by atoms with van der Waals surface area (Å²) in [5, 5.41) is 0.322. The van der Waals surface area contributed by atoms with Crippen LogP contribution >= 0.6 is 11.8 Å². The first-order chi connectivity index (χ1) is 8.08. The number of amidine groups is 1. The highest BCUT2D eigenvalue weighted by molar-refractivity contribution is 8.14. The summed E-state index contributed by atoms with van der Waals surface area (Å²) in [6.07, 6.45) is 0. The van der Waals surface area contributed by atoms with Gasteiger partial charge in [0.1, 0.15) is 12.4 Å². The van der Waals surface area contributed by atoms with Crippen LogP contribution in [0.4, 0.5) is 0 Å². The number of rotatable bonds is 5. The molecular weight excluding hydrogens is 234 g/mol. The molecule has 0 aliphatic heterocycles. The Kier molecular flexibility index (Phi) is 5.59. The van der Waals surface area contributed by atoms with Gasteiger partial charge in [0.05, 0.1) is 11.1 Å². The summed E-state index contributed by atoms with van der Waals surface area (Å²) in [6, 6.07) is 9.48. The Bertz CT molecular complexity index is 390. The Balaban J connectivity index is 2.40. The normalized spacial score (nSPS) is 13.2. The molecule has 5 heteroatoms. The van der Waals surface area contributed by atoms with Gasteiger partial charge in [0, 0.05) is 0 Å². The molecule has 0 saturated heterocycles. The van der Waals surface area contributed by atoms with E-state index in [1.54, 1.807) is 0 Å². The molecule has 4 N–H and O–H groups in total. The van der Waals surface area contributed by atoms with Crippen LogP contribution in [-0.4, -0.2) is 17.1 Å². The molecule has 0 aromatic heterocycles. The van der Waals surface area contributed by atoms with E-state index in [0.717, 1.165) is 5.75 Å². The molecule has 0 unspecified atom stereocenters. The van der Waals surface area contributed by atoms with Crippen LogP contribution in [0, 0.1) is 0 Å². The first-order valence-corrected chi connectivity index (χ1v) is 6.08. The third-order valence-corrected chi connectivity index (χ3v) is 2.43. The third kappa shape index (κ3) is 5.99. The van der Waals surface area contributed by atoms with Gasteiger partial charge in [-0.15, -0.1) is 0 Å². The molecule has 1 aromatic carbocycles. The Morgan fingerprint density at radius 2 is 2.12 bits per heavy atom. The molecule has 0 bridgehead atoms. The molecule has 1 atom stereocenters. The maximum Gasteiger partial charge on any atom is 0.160 e. The van der Waals surface area contributed by atoms with Gasteiger partial charge < -0.3 is 16.2 Å². The van der Waals surface area contributed by atoms with Gasteiger partial charge in [0.2, 0.25) is 0 Å². The van der Waals surface area contributed by atoms with E-state index in [0.29, 0.717) is 17.5 Å². The quantitative estimate of drug-likeness (QED) is 0.476. The van der Waals surface area contributed by atoms with Crippen LogP contribution in [0.15, 0.2) is 47.6 Å². The lowest BCUT2D eigenvalue weighted by Gasteiger charge is -2.07. The number of ether oxygens (including phenoxy) is 1. The van der Waals surface area contributed by atoms with Gasteiger partial charge in [0.25, 0.3) is 0 Å². The summed E-state index contributed by atoms with van der Waals surface area (Å²) >= 11 is 1.29. The van der Waals surface area contributed by atoms with Crippen molar-refractivity contribution in [2.45, 2.75) is 12.3 Å². The van der Waals surface area contributed by atoms with Crippen molar-refractivity contribution in [3.05, 3.63) is 42.6 Å². The van der Waals surface area contributed by atoms with E-state index in [9.17, 15) is 0 Å². The molecule has 0 aliphatic rings. The van der Waals surface area contributed by atoms with E-state index in [4.69, 9.17) is 16.2 Å². The van der Waals surface area contributed by atoms with E-state index in [1.165, 1.54) is 11.8 Å². The minimum Gasteiger partial charge on any atom is -0.487 e. The highest BCUT2D eigenvalue weighted by Crippen LogP contribution is 2.11. The zero-order chi connectivity index (χ0) is 12.7. The molecule has 0 fully saturated rings. The van der Waals surface area contributed by atoms with E-state index >= 15 is 0 Å². The van der Waals surface area contributed by atoms with Crippen molar-refractivity contribution in [2.24, 2.45) is 16.5 Å². The van der Waals surface area contributed by atoms with Gasteiger partial charge in [-0.3, -0.25) is 0 Å². The molecule has 0 saturated carbocycles. The summed E-state index contributed by atoms with van der Waals surface area (Å²) in [7, 11) is 0. The molecule has 1 rings (SSSR count). The number of hydrogen-bond acceptors (Lipinski definition) is 4. The lowest BCUT2D eigenvalue weighted by Crippen LogP contribution is -2.18. The zero-order valence-electron chi connectivity index (χ0n) is 9.80. The summed E-state index contributed by atoms with van der Waals surface area (Å²) in [5.41, 5.74) is 11.8. The van der Waals surface area contributed by atoms with Crippen LogP contribution in [-0.2, 0) is 0 Å². The highest BCUT2D eigenvalue weighted by Gasteiger charge is 2.00. The van der Waals surface area contributed by atoms with E-state index < -0.39 is 0 Å². The van der Waals surface area contributed by atoms with Crippen LogP contribution in [0.5, 0.6) is 5.75 Å². The summed E-state index contributed by atoms with van der Waals surface area (Å²) in [4.78, 5) is 4.09. The highest BCUT2D eigenvalue weighted by atomic mass is 32.2. The summed E-state index contributed by atoms with van der Waals surface area (Å²) in [5.74, 6) is 0.780. The number of aliphatic imine (C=N–C) groups is 1. The average molecular weight is 251 g/mol. The molecule has 0 radical (unpaired) electrons. The molecule has 92 valence electrons. The average Bonchev–Trinajstić information content (AvgIpc) is 2.26. The Morgan fingerprint density at radius 1 is 1.47 bits per heavy atom. The molecule has 0 spiro atoms. The van der Waals surface area contributed by atoms with Crippen molar-refractivity contribution in [3.8, 4) is 5.75 Å². The predicted octanol–water partition coefficient (Wildman–Crippen LogP) is 1.93. The standard InChI is InChI=1S/C12H17N3OS/c1-9(15-12(14)17-10(2)13)8-16-11-6-4-3-5-7-11/h3-7,10H,1,8,13H2,2H3,(H2,14,15)/t10-/m1/s1. The number of hydrogen-bond donors (Lipinski definition) is 2. The van der Waals surface area contributed by atoms with Gasteiger partial charge in [-0.1, -0.05) is 36.5 Å². The van der Waals surface area contributed by atoms with Gasteiger partial charge >= 0.3 is 0 Å². The van der Waals surface area contributed by atoms with E-state index in [-0.39, 0.29) is 5.37 Å². The maximum atomic E-state index is 5.66. The molecule has 1 aromatic rings. The lowest BCUT2D eigenvalue weighted by atomic mass is 10.3. The second-order valence-electron chi connectivity index (χ2n) is 3.44. The molecule has 0 amide bonds. The lowest BCUT2D eigenvalue weighted by molar-refractivity contribution is 0.351. The summed E-state index contributed by atoms with van der Waals surface area (Å²) < 4.78 is 5.47. The zero-order valence-corrected chi connectivity index (χ0v) is 10.6. The Labute approximate surface area is 106 Å². The molecular formula is C12H17N3OS. The first-order valence-electron chi connectivity index (χ1n) is 5.20. The second kappa shape index (κ2) is 6.98. The van der Waals surface area contributed by atoms with Crippen LogP contribution < -0.4 is 16.2 Å². The maximum absolute atomic E-state index is 5.66.